The first-order valence-electron chi connectivity index (χ1n) is 4.80. The summed E-state index contributed by atoms with van der Waals surface area (Å²) in [5.74, 6) is 2.10. The van der Waals surface area contributed by atoms with Crippen molar-refractivity contribution in [3.05, 3.63) is 11.8 Å². The molecular weight excluding hydrogens is 200 g/mol. The van der Waals surface area contributed by atoms with E-state index in [9.17, 15) is 0 Å². The second-order valence-corrected chi connectivity index (χ2v) is 4.50. The Kier molecular flexibility index (Phi) is 4.97. The molecule has 1 aromatic heterocycles. The van der Waals surface area contributed by atoms with Crippen LogP contribution in [0.15, 0.2) is 4.42 Å². The van der Waals surface area contributed by atoms with Gasteiger partial charge in [0.25, 0.3) is 0 Å². The summed E-state index contributed by atoms with van der Waals surface area (Å²) in [7, 11) is 0. The van der Waals surface area contributed by atoms with E-state index in [1.54, 1.807) is 11.8 Å². The Hall–Kier alpha value is -0.550. The van der Waals surface area contributed by atoms with Gasteiger partial charge in [-0.3, -0.25) is 0 Å². The zero-order valence-corrected chi connectivity index (χ0v) is 9.38. The average molecular weight is 216 g/mol. The maximum Gasteiger partial charge on any atom is 0.226 e. The number of thioether (sulfide) groups is 1. The topological polar surface area (TPSA) is 59.2 Å². The second-order valence-electron chi connectivity index (χ2n) is 3.08. The zero-order valence-electron chi connectivity index (χ0n) is 8.56. The maximum absolute atomic E-state index is 8.71. The molecule has 5 heteroatoms. The first-order chi connectivity index (χ1) is 6.76. The summed E-state index contributed by atoms with van der Waals surface area (Å²) in [6.45, 7) is 4.30. The van der Waals surface area contributed by atoms with Crippen LogP contribution in [-0.4, -0.2) is 27.2 Å². The van der Waals surface area contributed by atoms with Gasteiger partial charge in [0.05, 0.1) is 5.75 Å². The van der Waals surface area contributed by atoms with Crippen LogP contribution < -0.4 is 0 Å². The van der Waals surface area contributed by atoms with E-state index < -0.39 is 0 Å². The van der Waals surface area contributed by atoms with Crippen LogP contribution >= 0.6 is 11.8 Å². The molecule has 0 spiro atoms. The molecule has 0 radical (unpaired) electrons. The molecule has 1 aromatic rings. The number of aliphatic hydroxyl groups excluding tert-OH is 1. The molecule has 80 valence electrons. The highest BCUT2D eigenvalue weighted by atomic mass is 32.2. The lowest BCUT2D eigenvalue weighted by Gasteiger charge is -2.06. The largest absolute Gasteiger partial charge is 0.424 e. The molecule has 0 amide bonds. The van der Waals surface area contributed by atoms with Crippen molar-refractivity contribution in [2.24, 2.45) is 0 Å². The van der Waals surface area contributed by atoms with Gasteiger partial charge in [-0.05, 0) is 6.42 Å². The smallest absolute Gasteiger partial charge is 0.226 e. The zero-order chi connectivity index (χ0) is 10.4. The first kappa shape index (κ1) is 11.5. The molecular formula is C9H16N2O2S. The molecule has 0 aliphatic rings. The van der Waals surface area contributed by atoms with E-state index in [4.69, 9.17) is 9.52 Å². The van der Waals surface area contributed by atoms with Crippen LogP contribution in [0.3, 0.4) is 0 Å². The summed E-state index contributed by atoms with van der Waals surface area (Å²) < 4.78 is 5.36. The quantitative estimate of drug-likeness (QED) is 0.783. The molecule has 0 aliphatic carbocycles. The Morgan fingerprint density at radius 1 is 1.43 bits per heavy atom. The predicted octanol–water partition coefficient (Wildman–Crippen LogP) is 1.64. The second kappa shape index (κ2) is 6.03. The Morgan fingerprint density at radius 3 is 2.71 bits per heavy atom. The molecule has 1 N–H and O–H groups in total. The minimum atomic E-state index is 0.234. The molecule has 0 bridgehead atoms. The lowest BCUT2D eigenvalue weighted by atomic mass is 10.3. The maximum atomic E-state index is 8.71. The van der Waals surface area contributed by atoms with Gasteiger partial charge in [-0.1, -0.05) is 13.8 Å². The van der Waals surface area contributed by atoms with Crippen molar-refractivity contribution in [3.8, 4) is 0 Å². The Morgan fingerprint density at radius 2 is 2.14 bits per heavy atom. The molecule has 0 saturated carbocycles. The van der Waals surface area contributed by atoms with Crippen molar-refractivity contribution in [2.75, 3.05) is 6.61 Å². The monoisotopic (exact) mass is 216 g/mol. The van der Waals surface area contributed by atoms with E-state index in [2.05, 4.69) is 17.1 Å². The predicted molar refractivity (Wildman–Crippen MR) is 56.1 cm³/mol. The van der Waals surface area contributed by atoms with Crippen LogP contribution in [0.25, 0.3) is 0 Å². The van der Waals surface area contributed by atoms with Gasteiger partial charge in [-0.15, -0.1) is 22.0 Å². The Labute approximate surface area is 88.1 Å². The van der Waals surface area contributed by atoms with Gasteiger partial charge in [0.15, 0.2) is 0 Å². The highest BCUT2D eigenvalue weighted by Gasteiger charge is 2.07. The normalized spacial score (nSPS) is 13.1. The Bertz CT molecular complexity index is 265. The van der Waals surface area contributed by atoms with Crippen molar-refractivity contribution in [3.63, 3.8) is 0 Å². The van der Waals surface area contributed by atoms with Gasteiger partial charge in [0, 0.05) is 18.3 Å². The van der Waals surface area contributed by atoms with Gasteiger partial charge < -0.3 is 9.52 Å². The summed E-state index contributed by atoms with van der Waals surface area (Å²) in [5.41, 5.74) is 0. The van der Waals surface area contributed by atoms with Gasteiger partial charge in [0.2, 0.25) is 11.8 Å². The molecule has 4 nitrogen and oxygen atoms in total. The lowest BCUT2D eigenvalue weighted by molar-refractivity contribution is 0.289. The van der Waals surface area contributed by atoms with E-state index in [1.165, 1.54) is 0 Å². The third-order valence-electron chi connectivity index (χ3n) is 1.84. The third-order valence-corrected chi connectivity index (χ3v) is 3.06. The molecule has 1 atom stereocenters. The van der Waals surface area contributed by atoms with Crippen LogP contribution in [0, 0.1) is 0 Å². The van der Waals surface area contributed by atoms with E-state index >= 15 is 0 Å². The molecule has 1 rings (SSSR count). The van der Waals surface area contributed by atoms with E-state index in [1.807, 2.05) is 6.92 Å². The van der Waals surface area contributed by atoms with Gasteiger partial charge >= 0.3 is 0 Å². The van der Waals surface area contributed by atoms with Crippen molar-refractivity contribution in [1.82, 2.24) is 10.2 Å². The molecule has 0 aromatic carbocycles. The average Bonchev–Trinajstić information content (AvgIpc) is 2.63. The number of hydrogen-bond donors (Lipinski definition) is 1. The fraction of sp³-hybridized carbons (Fsp3) is 0.778. The minimum absolute atomic E-state index is 0.234. The number of rotatable bonds is 6. The van der Waals surface area contributed by atoms with Gasteiger partial charge in [-0.25, -0.2) is 0 Å². The molecule has 0 fully saturated rings. The molecule has 1 unspecified atom stereocenters. The number of aromatic nitrogens is 2. The van der Waals surface area contributed by atoms with Crippen LogP contribution in [0.4, 0.5) is 0 Å². The van der Waals surface area contributed by atoms with Crippen molar-refractivity contribution >= 4 is 11.8 Å². The highest BCUT2D eigenvalue weighted by molar-refractivity contribution is 7.99. The summed E-state index contributed by atoms with van der Waals surface area (Å²) in [6.07, 6.45) is 1.59. The fourth-order valence-corrected chi connectivity index (χ4v) is 1.78. The molecule has 1 heterocycles. The number of hydrogen-bond acceptors (Lipinski definition) is 5. The molecule has 0 saturated heterocycles. The number of aryl methyl sites for hydroxylation is 1. The fourth-order valence-electron chi connectivity index (χ4n) is 0.968. The number of nitrogens with zero attached hydrogens (tertiary/aromatic N) is 2. The van der Waals surface area contributed by atoms with Gasteiger partial charge in [-0.2, -0.15) is 0 Å². The SMILES string of the molecule is CCc1nnc(CSC(C)CCO)o1. The Balaban J connectivity index is 2.30. The van der Waals surface area contributed by atoms with Crippen LogP contribution in [0.2, 0.25) is 0 Å². The standard InChI is InChI=1S/C9H16N2O2S/c1-3-8-10-11-9(13-8)6-14-7(2)4-5-12/h7,12H,3-6H2,1-2H3. The summed E-state index contributed by atoms with van der Waals surface area (Å²) in [4.78, 5) is 0. The summed E-state index contributed by atoms with van der Waals surface area (Å²) in [5, 5.41) is 16.9. The highest BCUT2D eigenvalue weighted by Crippen LogP contribution is 2.18. The van der Waals surface area contributed by atoms with Crippen LogP contribution in [-0.2, 0) is 12.2 Å². The lowest BCUT2D eigenvalue weighted by Crippen LogP contribution is -1.99. The third kappa shape index (κ3) is 3.67. The van der Waals surface area contributed by atoms with Crippen molar-refractivity contribution in [1.29, 1.82) is 0 Å². The van der Waals surface area contributed by atoms with E-state index in [0.717, 1.165) is 18.6 Å². The molecule has 0 aliphatic heterocycles. The molecule has 14 heavy (non-hydrogen) atoms. The van der Waals surface area contributed by atoms with Gasteiger partial charge in [0.1, 0.15) is 0 Å². The van der Waals surface area contributed by atoms with Crippen molar-refractivity contribution in [2.45, 2.75) is 37.7 Å². The van der Waals surface area contributed by atoms with Crippen LogP contribution in [0.5, 0.6) is 0 Å². The minimum Gasteiger partial charge on any atom is -0.424 e. The summed E-state index contributed by atoms with van der Waals surface area (Å²) in [6, 6.07) is 0. The van der Waals surface area contributed by atoms with Crippen molar-refractivity contribution < 1.29 is 9.52 Å². The first-order valence-corrected chi connectivity index (χ1v) is 5.84. The number of aliphatic hydroxyl groups is 1. The summed E-state index contributed by atoms with van der Waals surface area (Å²) >= 11 is 1.72. The van der Waals surface area contributed by atoms with E-state index in [-0.39, 0.29) is 6.61 Å². The van der Waals surface area contributed by atoms with Crippen LogP contribution in [0.1, 0.15) is 32.0 Å². The van der Waals surface area contributed by atoms with E-state index in [0.29, 0.717) is 17.0 Å².